The first-order chi connectivity index (χ1) is 17.3. The van der Waals surface area contributed by atoms with Crippen LogP contribution in [0.4, 0.5) is 4.79 Å². The normalized spacial score (nSPS) is 14.8. The summed E-state index contributed by atoms with van der Waals surface area (Å²) in [6.07, 6.45) is 3.15. The minimum absolute atomic E-state index is 0.0411. The summed E-state index contributed by atoms with van der Waals surface area (Å²) in [7, 11) is 0. The van der Waals surface area contributed by atoms with E-state index in [-0.39, 0.29) is 12.1 Å². The second-order valence-electron chi connectivity index (χ2n) is 7.93. The van der Waals surface area contributed by atoms with Crippen molar-refractivity contribution < 1.29 is 28.6 Å². The number of nitrogens with zero attached hydrogens (tertiary/aromatic N) is 1. The number of carbonyl (C=O) groups is 3. The Kier molecular flexibility index (Phi) is 9.95. The maximum Gasteiger partial charge on any atom is 0.331 e. The minimum Gasteiger partial charge on any atom is -0.491 e. The molecule has 1 fully saturated rings. The topological polar surface area (TPSA) is 94.2 Å². The van der Waals surface area contributed by atoms with E-state index in [0.29, 0.717) is 57.1 Å². The summed E-state index contributed by atoms with van der Waals surface area (Å²) in [6.45, 7) is 7.36. The Bertz CT molecular complexity index is 1160. The number of carbonyl (C=O) groups excluding carboxylic acids is 3. The summed E-state index contributed by atoms with van der Waals surface area (Å²) in [4.78, 5) is 39.3. The molecule has 1 saturated heterocycles. The molecule has 8 nitrogen and oxygen atoms in total. The highest BCUT2D eigenvalue weighted by molar-refractivity contribution is 9.11. The van der Waals surface area contributed by atoms with Crippen LogP contribution in [0.2, 0.25) is 0 Å². The standard InChI is InChI=1S/C26H28Br2N2O6/c1-4-9-35-21-8-7-16(14-22(21)34-6-3)15-30-25(32)18(24(31)29-26(30)33)11-17-12-19(27)23(20(28)13-17)36-10-5-2/h7-8,11-14H,4-6,9-10,15H2,1-3H3,(H,29,31,33)/b18-11+. The fourth-order valence-corrected chi connectivity index (χ4v) is 4.89. The number of ether oxygens (including phenoxy) is 3. The summed E-state index contributed by atoms with van der Waals surface area (Å²) in [5, 5.41) is 2.25. The summed E-state index contributed by atoms with van der Waals surface area (Å²) >= 11 is 6.95. The van der Waals surface area contributed by atoms with Crippen LogP contribution in [-0.2, 0) is 16.1 Å². The molecule has 1 aliphatic heterocycles. The van der Waals surface area contributed by atoms with Crippen molar-refractivity contribution in [2.75, 3.05) is 19.8 Å². The van der Waals surface area contributed by atoms with Crippen LogP contribution in [0.15, 0.2) is 44.9 Å². The van der Waals surface area contributed by atoms with Gasteiger partial charge in [0, 0.05) is 0 Å². The molecule has 3 rings (SSSR count). The number of imide groups is 2. The van der Waals surface area contributed by atoms with E-state index in [0.717, 1.165) is 17.7 Å². The van der Waals surface area contributed by atoms with Crippen molar-refractivity contribution in [2.24, 2.45) is 0 Å². The zero-order valence-corrected chi connectivity index (χ0v) is 23.5. The lowest BCUT2D eigenvalue weighted by molar-refractivity contribution is -0.130. The van der Waals surface area contributed by atoms with Gasteiger partial charge in [0.05, 0.1) is 35.3 Å². The molecule has 0 saturated carbocycles. The van der Waals surface area contributed by atoms with Crippen LogP contribution < -0.4 is 19.5 Å². The van der Waals surface area contributed by atoms with Gasteiger partial charge in [0.25, 0.3) is 11.8 Å². The highest BCUT2D eigenvalue weighted by Crippen LogP contribution is 2.36. The molecular formula is C26H28Br2N2O6. The van der Waals surface area contributed by atoms with Gasteiger partial charge in [-0.15, -0.1) is 0 Å². The number of urea groups is 1. The van der Waals surface area contributed by atoms with Crippen LogP contribution in [0.25, 0.3) is 6.08 Å². The average Bonchev–Trinajstić information content (AvgIpc) is 2.83. The van der Waals surface area contributed by atoms with Gasteiger partial charge >= 0.3 is 6.03 Å². The lowest BCUT2D eigenvalue weighted by Gasteiger charge is -2.26. The molecule has 1 aliphatic rings. The monoisotopic (exact) mass is 622 g/mol. The van der Waals surface area contributed by atoms with Crippen LogP contribution >= 0.6 is 31.9 Å². The molecule has 0 radical (unpaired) electrons. The molecule has 4 amide bonds. The van der Waals surface area contributed by atoms with Crippen molar-refractivity contribution in [3.05, 3.63) is 56.0 Å². The maximum atomic E-state index is 13.2. The number of halogens is 2. The van der Waals surface area contributed by atoms with Gasteiger partial charge in [-0.1, -0.05) is 19.9 Å². The quantitative estimate of drug-likeness (QED) is 0.249. The Labute approximate surface area is 227 Å². The van der Waals surface area contributed by atoms with Crippen molar-refractivity contribution in [3.63, 3.8) is 0 Å². The van der Waals surface area contributed by atoms with Crippen molar-refractivity contribution in [1.82, 2.24) is 10.2 Å². The molecule has 1 heterocycles. The zero-order chi connectivity index (χ0) is 26.2. The number of benzene rings is 2. The number of hydrogen-bond acceptors (Lipinski definition) is 6. The summed E-state index contributed by atoms with van der Waals surface area (Å²) in [5.41, 5.74) is 1.09. The van der Waals surface area contributed by atoms with E-state index >= 15 is 0 Å². The van der Waals surface area contributed by atoms with Crippen molar-refractivity contribution in [3.8, 4) is 17.2 Å². The van der Waals surface area contributed by atoms with Gasteiger partial charge in [-0.05, 0) is 93.1 Å². The fourth-order valence-electron chi connectivity index (χ4n) is 3.44. The average molecular weight is 624 g/mol. The van der Waals surface area contributed by atoms with Crippen LogP contribution in [-0.4, -0.2) is 42.6 Å². The molecule has 0 spiro atoms. The number of barbiturate groups is 1. The molecule has 192 valence electrons. The fraction of sp³-hybridized carbons (Fsp3) is 0.346. The van der Waals surface area contributed by atoms with Gasteiger partial charge in [0.1, 0.15) is 11.3 Å². The predicted molar refractivity (Wildman–Crippen MR) is 143 cm³/mol. The molecule has 0 bridgehead atoms. The second-order valence-corrected chi connectivity index (χ2v) is 9.64. The molecule has 2 aromatic rings. The Balaban J connectivity index is 1.87. The van der Waals surface area contributed by atoms with Gasteiger partial charge in [-0.3, -0.25) is 19.8 Å². The third kappa shape index (κ3) is 6.67. The molecule has 36 heavy (non-hydrogen) atoms. The number of amides is 4. The van der Waals surface area contributed by atoms with Gasteiger partial charge < -0.3 is 14.2 Å². The smallest absolute Gasteiger partial charge is 0.331 e. The van der Waals surface area contributed by atoms with E-state index in [1.165, 1.54) is 6.08 Å². The molecule has 2 aromatic carbocycles. The van der Waals surface area contributed by atoms with Crippen molar-refractivity contribution >= 4 is 55.8 Å². The highest BCUT2D eigenvalue weighted by atomic mass is 79.9. The zero-order valence-electron chi connectivity index (χ0n) is 20.4. The highest BCUT2D eigenvalue weighted by Gasteiger charge is 2.36. The summed E-state index contributed by atoms with van der Waals surface area (Å²) in [6, 6.07) is 7.95. The third-order valence-electron chi connectivity index (χ3n) is 5.08. The lowest BCUT2D eigenvalue weighted by atomic mass is 10.1. The second kappa shape index (κ2) is 12.9. The Morgan fingerprint density at radius 1 is 0.889 bits per heavy atom. The summed E-state index contributed by atoms with van der Waals surface area (Å²) < 4.78 is 18.5. The van der Waals surface area contributed by atoms with Gasteiger partial charge in [0.15, 0.2) is 11.5 Å². The molecule has 0 aromatic heterocycles. The van der Waals surface area contributed by atoms with Crippen LogP contribution in [0.5, 0.6) is 17.2 Å². The van der Waals surface area contributed by atoms with Crippen LogP contribution in [0, 0.1) is 0 Å². The number of nitrogens with one attached hydrogen (secondary N) is 1. The largest absolute Gasteiger partial charge is 0.491 e. The van der Waals surface area contributed by atoms with Gasteiger partial charge in [-0.25, -0.2) is 4.79 Å². The Morgan fingerprint density at radius 3 is 2.19 bits per heavy atom. The van der Waals surface area contributed by atoms with E-state index in [2.05, 4.69) is 37.2 Å². The molecule has 0 atom stereocenters. The van der Waals surface area contributed by atoms with E-state index < -0.39 is 17.8 Å². The Morgan fingerprint density at radius 2 is 1.56 bits per heavy atom. The molecular weight excluding hydrogens is 596 g/mol. The maximum absolute atomic E-state index is 13.2. The minimum atomic E-state index is -0.780. The molecule has 10 heteroatoms. The van der Waals surface area contributed by atoms with Crippen molar-refractivity contribution in [2.45, 2.75) is 40.2 Å². The van der Waals surface area contributed by atoms with E-state index in [4.69, 9.17) is 14.2 Å². The van der Waals surface area contributed by atoms with Crippen molar-refractivity contribution in [1.29, 1.82) is 0 Å². The number of hydrogen-bond donors (Lipinski definition) is 1. The van der Waals surface area contributed by atoms with Gasteiger partial charge in [-0.2, -0.15) is 0 Å². The van der Waals surface area contributed by atoms with Crippen LogP contribution in [0.1, 0.15) is 44.7 Å². The van der Waals surface area contributed by atoms with Gasteiger partial charge in [0.2, 0.25) is 0 Å². The predicted octanol–water partition coefficient (Wildman–Crippen LogP) is 5.85. The first-order valence-electron chi connectivity index (χ1n) is 11.7. The molecule has 0 unspecified atom stereocenters. The first kappa shape index (κ1) is 27.7. The van der Waals surface area contributed by atoms with E-state index in [1.807, 2.05) is 20.8 Å². The molecule has 1 N–H and O–H groups in total. The number of rotatable bonds is 11. The first-order valence-corrected chi connectivity index (χ1v) is 13.3. The SMILES string of the molecule is CCCOc1ccc(CN2C(=O)NC(=O)/C(=C\c3cc(Br)c(OCCC)c(Br)c3)C2=O)cc1OCC. The molecule has 0 aliphatic carbocycles. The van der Waals surface area contributed by atoms with E-state index in [1.54, 1.807) is 30.3 Å². The summed E-state index contributed by atoms with van der Waals surface area (Å²) in [5.74, 6) is 0.312. The van der Waals surface area contributed by atoms with E-state index in [9.17, 15) is 14.4 Å². The lowest BCUT2D eigenvalue weighted by Crippen LogP contribution is -2.53. The Hall–Kier alpha value is -2.85. The van der Waals surface area contributed by atoms with Crippen LogP contribution in [0.3, 0.4) is 0 Å². The third-order valence-corrected chi connectivity index (χ3v) is 6.26.